The third kappa shape index (κ3) is 5.04. The minimum absolute atomic E-state index is 0.0659. The van der Waals surface area contributed by atoms with E-state index in [1.54, 1.807) is 39.2 Å². The molecule has 2 rings (SSSR count). The number of methoxy groups -OCH3 is 1. The van der Waals surface area contributed by atoms with E-state index in [1.165, 1.54) is 18.1 Å². The van der Waals surface area contributed by atoms with Gasteiger partial charge in [0.05, 0.1) is 12.8 Å². The molecule has 0 aliphatic rings. The number of ether oxygens (including phenoxy) is 1. The van der Waals surface area contributed by atoms with Crippen LogP contribution in [0.4, 0.5) is 5.69 Å². The van der Waals surface area contributed by atoms with Crippen LogP contribution in [0.15, 0.2) is 33.5 Å². The second-order valence-electron chi connectivity index (χ2n) is 7.25. The van der Waals surface area contributed by atoms with Gasteiger partial charge < -0.3 is 19.4 Å². The highest BCUT2D eigenvalue weighted by atomic mass is 16.5. The fraction of sp³-hybridized carbons (Fsp3) is 0.409. The van der Waals surface area contributed by atoms with Gasteiger partial charge in [-0.2, -0.15) is 0 Å². The van der Waals surface area contributed by atoms with Crippen molar-refractivity contribution in [2.45, 2.75) is 39.5 Å². The van der Waals surface area contributed by atoms with E-state index >= 15 is 0 Å². The lowest BCUT2D eigenvalue weighted by Crippen LogP contribution is -2.24. The Morgan fingerprint density at radius 1 is 1.24 bits per heavy atom. The largest absolute Gasteiger partial charge is 0.495 e. The lowest BCUT2D eigenvalue weighted by molar-refractivity contribution is 0.0827. The molecule has 1 N–H and O–H groups in total. The van der Waals surface area contributed by atoms with Gasteiger partial charge in [-0.1, -0.05) is 20.3 Å². The van der Waals surface area contributed by atoms with Crippen LogP contribution in [-0.4, -0.2) is 37.9 Å². The molecule has 0 aliphatic carbocycles. The quantitative estimate of drug-likeness (QED) is 0.763. The maximum absolute atomic E-state index is 12.8. The molecule has 0 saturated heterocycles. The van der Waals surface area contributed by atoms with E-state index in [9.17, 15) is 14.4 Å². The number of carbonyl (C=O) groups is 2. The lowest BCUT2D eigenvalue weighted by Gasteiger charge is -2.15. The fourth-order valence-corrected chi connectivity index (χ4v) is 3.11. The minimum atomic E-state index is -0.681. The summed E-state index contributed by atoms with van der Waals surface area (Å²) in [6.45, 7) is 5.75. The average molecular weight is 400 g/mol. The number of nitrogens with one attached hydrogen (secondary N) is 1. The topological polar surface area (TPSA) is 88.9 Å². The number of hydrogen-bond donors (Lipinski definition) is 1. The number of rotatable bonds is 7. The predicted molar refractivity (Wildman–Crippen MR) is 112 cm³/mol. The van der Waals surface area contributed by atoms with Crippen molar-refractivity contribution in [3.63, 3.8) is 0 Å². The van der Waals surface area contributed by atoms with Gasteiger partial charge in [0.25, 0.3) is 11.8 Å². The van der Waals surface area contributed by atoms with Crippen LogP contribution in [0.1, 0.15) is 64.6 Å². The monoisotopic (exact) mass is 400 g/mol. The first-order valence-corrected chi connectivity index (χ1v) is 9.55. The van der Waals surface area contributed by atoms with E-state index in [0.29, 0.717) is 28.3 Å². The molecule has 0 spiro atoms. The first kappa shape index (κ1) is 22.2. The molecule has 0 saturated carbocycles. The molecule has 1 aromatic heterocycles. The molecule has 7 nitrogen and oxygen atoms in total. The highest BCUT2D eigenvalue weighted by Crippen LogP contribution is 2.27. The summed E-state index contributed by atoms with van der Waals surface area (Å²) in [6, 6.07) is 6.46. The fourth-order valence-electron chi connectivity index (χ4n) is 3.11. The highest BCUT2D eigenvalue weighted by Gasteiger charge is 2.21. The number of amides is 2. The van der Waals surface area contributed by atoms with Gasteiger partial charge in [0, 0.05) is 25.6 Å². The number of aryl methyl sites for hydroxylation is 1. The van der Waals surface area contributed by atoms with Gasteiger partial charge in [0.15, 0.2) is 0 Å². The summed E-state index contributed by atoms with van der Waals surface area (Å²) in [7, 11) is 4.74. The number of nitrogens with zero attached hydrogens (tertiary/aromatic N) is 1. The summed E-state index contributed by atoms with van der Waals surface area (Å²) in [5.41, 5.74) is 0.478. The third-order valence-electron chi connectivity index (χ3n) is 4.70. The molecule has 0 aliphatic heterocycles. The Labute approximate surface area is 170 Å². The van der Waals surface area contributed by atoms with Gasteiger partial charge >= 0.3 is 5.63 Å². The van der Waals surface area contributed by atoms with E-state index in [2.05, 4.69) is 12.2 Å². The Balaban J connectivity index is 2.38. The number of benzene rings is 1. The van der Waals surface area contributed by atoms with Crippen molar-refractivity contribution < 1.29 is 18.7 Å². The Kier molecular flexibility index (Phi) is 7.20. The number of carbonyl (C=O) groups excluding carboxylic acids is 2. The molecule has 0 fully saturated rings. The van der Waals surface area contributed by atoms with Gasteiger partial charge in [-0.3, -0.25) is 9.59 Å². The van der Waals surface area contributed by atoms with Crippen LogP contribution >= 0.6 is 0 Å². The SMILES string of the molecule is CCCC(C)c1cc(C)c(C(=O)Nc2cc(C(=O)N(C)C)ccc2OC)c(=O)o1. The van der Waals surface area contributed by atoms with Gasteiger partial charge in [0.2, 0.25) is 0 Å². The van der Waals surface area contributed by atoms with E-state index in [4.69, 9.17) is 9.15 Å². The summed E-state index contributed by atoms with van der Waals surface area (Å²) in [6.07, 6.45) is 1.85. The van der Waals surface area contributed by atoms with Crippen molar-refractivity contribution >= 4 is 17.5 Å². The van der Waals surface area contributed by atoms with Crippen LogP contribution in [0.5, 0.6) is 5.75 Å². The standard InChI is InChI=1S/C22H28N2O5/c1-7-8-13(2)18-11-14(3)19(22(27)29-18)20(25)23-16-12-15(21(26)24(4)5)9-10-17(16)28-6/h9-13H,7-8H2,1-6H3,(H,23,25). The van der Waals surface area contributed by atoms with Crippen LogP contribution in [0.3, 0.4) is 0 Å². The van der Waals surface area contributed by atoms with Crippen molar-refractivity contribution in [3.05, 3.63) is 57.1 Å². The molecular weight excluding hydrogens is 372 g/mol. The number of anilines is 1. The first-order chi connectivity index (χ1) is 13.7. The van der Waals surface area contributed by atoms with Gasteiger partial charge in [-0.15, -0.1) is 0 Å². The van der Waals surface area contributed by atoms with Crippen LogP contribution in [0.2, 0.25) is 0 Å². The maximum Gasteiger partial charge on any atom is 0.349 e. The zero-order chi connectivity index (χ0) is 21.7. The molecular formula is C22H28N2O5. The van der Waals surface area contributed by atoms with Gasteiger partial charge in [0.1, 0.15) is 17.1 Å². The average Bonchev–Trinajstić information content (AvgIpc) is 2.66. The molecule has 29 heavy (non-hydrogen) atoms. The predicted octanol–water partition coefficient (Wildman–Crippen LogP) is 3.81. The van der Waals surface area contributed by atoms with E-state index in [0.717, 1.165) is 12.8 Å². The summed E-state index contributed by atoms with van der Waals surface area (Å²) < 4.78 is 10.7. The van der Waals surface area contributed by atoms with Gasteiger partial charge in [-0.05, 0) is 43.2 Å². The van der Waals surface area contributed by atoms with Crippen molar-refractivity contribution in [1.29, 1.82) is 0 Å². The first-order valence-electron chi connectivity index (χ1n) is 9.55. The van der Waals surface area contributed by atoms with Crippen LogP contribution in [0.25, 0.3) is 0 Å². The van der Waals surface area contributed by atoms with Crippen LogP contribution in [0, 0.1) is 6.92 Å². The third-order valence-corrected chi connectivity index (χ3v) is 4.70. The van der Waals surface area contributed by atoms with E-state index < -0.39 is 11.5 Å². The highest BCUT2D eigenvalue weighted by molar-refractivity contribution is 6.06. The maximum atomic E-state index is 12.8. The second kappa shape index (κ2) is 9.41. The summed E-state index contributed by atoms with van der Waals surface area (Å²) in [5.74, 6) is 0.218. The van der Waals surface area contributed by atoms with Crippen molar-refractivity contribution in [2.24, 2.45) is 0 Å². The molecule has 1 atom stereocenters. The molecule has 0 bridgehead atoms. The summed E-state index contributed by atoms with van der Waals surface area (Å²) >= 11 is 0. The summed E-state index contributed by atoms with van der Waals surface area (Å²) in [5, 5.41) is 2.67. The molecule has 2 aromatic rings. The Morgan fingerprint density at radius 3 is 2.48 bits per heavy atom. The van der Waals surface area contributed by atoms with Gasteiger partial charge in [-0.25, -0.2) is 4.79 Å². The van der Waals surface area contributed by atoms with E-state index in [-0.39, 0.29) is 17.4 Å². The van der Waals surface area contributed by atoms with Crippen LogP contribution < -0.4 is 15.7 Å². The molecule has 1 aromatic carbocycles. The van der Waals surface area contributed by atoms with E-state index in [1.807, 2.05) is 6.92 Å². The Bertz CT molecular complexity index is 962. The zero-order valence-corrected chi connectivity index (χ0v) is 17.8. The molecule has 2 amide bonds. The molecule has 156 valence electrons. The minimum Gasteiger partial charge on any atom is -0.495 e. The normalized spacial score (nSPS) is 11.7. The second-order valence-corrected chi connectivity index (χ2v) is 7.25. The Morgan fingerprint density at radius 2 is 1.93 bits per heavy atom. The van der Waals surface area contributed by atoms with Crippen molar-refractivity contribution in [1.82, 2.24) is 4.90 Å². The zero-order valence-electron chi connectivity index (χ0n) is 17.8. The van der Waals surface area contributed by atoms with Crippen LogP contribution in [-0.2, 0) is 0 Å². The number of hydrogen-bond acceptors (Lipinski definition) is 5. The van der Waals surface area contributed by atoms with Crippen molar-refractivity contribution in [2.75, 3.05) is 26.5 Å². The molecule has 7 heteroatoms. The molecule has 1 unspecified atom stereocenters. The smallest absolute Gasteiger partial charge is 0.349 e. The summed E-state index contributed by atoms with van der Waals surface area (Å²) in [4.78, 5) is 39.0. The lowest BCUT2D eigenvalue weighted by atomic mass is 10.0. The molecule has 0 radical (unpaired) electrons. The van der Waals surface area contributed by atoms with Crippen molar-refractivity contribution in [3.8, 4) is 5.75 Å². The Hall–Kier alpha value is -3.09. The molecule has 1 heterocycles.